The second-order valence-electron chi connectivity index (χ2n) is 6.21. The highest BCUT2D eigenvalue weighted by molar-refractivity contribution is 9.10. The first-order valence-electron chi connectivity index (χ1n) is 8.33. The first-order valence-corrected chi connectivity index (χ1v) is 11.0. The Balaban J connectivity index is 1.98. The number of anilines is 1. The minimum Gasteiger partial charge on any atom is -0.352 e. The summed E-state index contributed by atoms with van der Waals surface area (Å²) in [5.74, 6) is -0.327. The van der Waals surface area contributed by atoms with Gasteiger partial charge in [0.2, 0.25) is 15.9 Å². The summed E-state index contributed by atoms with van der Waals surface area (Å²) in [6.45, 7) is 1.67. The predicted molar refractivity (Wildman–Crippen MR) is 109 cm³/mol. The molecule has 2 rings (SSSR count). The number of benzene rings is 2. The van der Waals surface area contributed by atoms with Crippen molar-refractivity contribution in [1.82, 2.24) is 5.32 Å². The van der Waals surface area contributed by atoms with E-state index in [1.165, 1.54) is 5.56 Å². The molecule has 0 spiro atoms. The Kier molecular flexibility index (Phi) is 7.23. The maximum absolute atomic E-state index is 12.4. The number of carbonyl (C=O) groups is 1. The zero-order valence-corrected chi connectivity index (χ0v) is 17.3. The van der Waals surface area contributed by atoms with Gasteiger partial charge in [0.1, 0.15) is 6.54 Å². The van der Waals surface area contributed by atoms with Crippen LogP contribution in [0, 0.1) is 0 Å². The van der Waals surface area contributed by atoms with Crippen LogP contribution < -0.4 is 9.62 Å². The average molecular weight is 439 g/mol. The Morgan fingerprint density at radius 2 is 1.73 bits per heavy atom. The number of amides is 1. The molecule has 0 aliphatic rings. The molecule has 0 saturated heterocycles. The van der Waals surface area contributed by atoms with Crippen molar-refractivity contribution in [2.75, 3.05) is 17.1 Å². The van der Waals surface area contributed by atoms with Crippen molar-refractivity contribution in [3.05, 3.63) is 64.6 Å². The Morgan fingerprint density at radius 3 is 2.35 bits per heavy atom. The van der Waals surface area contributed by atoms with E-state index in [2.05, 4.69) is 21.2 Å². The highest BCUT2D eigenvalue weighted by atomic mass is 79.9. The molecule has 1 amide bonds. The van der Waals surface area contributed by atoms with Gasteiger partial charge in [-0.15, -0.1) is 0 Å². The van der Waals surface area contributed by atoms with E-state index in [1.54, 1.807) is 24.3 Å². The van der Waals surface area contributed by atoms with E-state index in [4.69, 9.17) is 0 Å². The van der Waals surface area contributed by atoms with Gasteiger partial charge in [0.15, 0.2) is 0 Å². The quantitative estimate of drug-likeness (QED) is 0.686. The molecule has 0 radical (unpaired) electrons. The fourth-order valence-electron chi connectivity index (χ4n) is 2.59. The van der Waals surface area contributed by atoms with E-state index in [-0.39, 0.29) is 18.5 Å². The third-order valence-corrected chi connectivity index (χ3v) is 5.72. The van der Waals surface area contributed by atoms with Gasteiger partial charge in [-0.2, -0.15) is 0 Å². The molecular formula is C19H23BrN2O3S. The smallest absolute Gasteiger partial charge is 0.240 e. The number of carbonyl (C=O) groups excluding carboxylic acids is 1. The van der Waals surface area contributed by atoms with Crippen LogP contribution in [-0.2, 0) is 21.2 Å². The molecule has 0 aliphatic heterocycles. The monoisotopic (exact) mass is 438 g/mol. The molecule has 2 aromatic rings. The molecular weight excluding hydrogens is 416 g/mol. The van der Waals surface area contributed by atoms with Crippen LogP contribution in [0.15, 0.2) is 59.1 Å². The first kappa shape index (κ1) is 20.5. The summed E-state index contributed by atoms with van der Waals surface area (Å²) in [6, 6.07) is 16.9. The number of nitrogens with zero attached hydrogens (tertiary/aromatic N) is 1. The summed E-state index contributed by atoms with van der Waals surface area (Å²) < 4.78 is 26.0. The molecule has 0 unspecified atom stereocenters. The number of para-hydroxylation sites is 1. The molecule has 2 aromatic carbocycles. The van der Waals surface area contributed by atoms with E-state index in [0.29, 0.717) is 10.2 Å². The molecule has 1 N–H and O–H groups in total. The van der Waals surface area contributed by atoms with Crippen molar-refractivity contribution >= 4 is 37.5 Å². The van der Waals surface area contributed by atoms with Gasteiger partial charge in [-0.05, 0) is 53.4 Å². The summed E-state index contributed by atoms with van der Waals surface area (Å²) in [4.78, 5) is 12.4. The first-order chi connectivity index (χ1) is 12.3. The van der Waals surface area contributed by atoms with E-state index in [1.807, 2.05) is 37.3 Å². The number of sulfonamides is 1. The number of aryl methyl sites for hydroxylation is 1. The summed E-state index contributed by atoms with van der Waals surface area (Å²) in [5.41, 5.74) is 1.65. The topological polar surface area (TPSA) is 66.5 Å². The predicted octanol–water partition coefficient (Wildman–Crippen LogP) is 3.35. The zero-order valence-electron chi connectivity index (χ0n) is 14.9. The van der Waals surface area contributed by atoms with Crippen molar-refractivity contribution in [2.24, 2.45) is 0 Å². The lowest BCUT2D eigenvalue weighted by atomic mass is 10.1. The van der Waals surface area contributed by atoms with Crippen molar-refractivity contribution < 1.29 is 13.2 Å². The van der Waals surface area contributed by atoms with Crippen molar-refractivity contribution in [1.29, 1.82) is 0 Å². The molecule has 0 saturated carbocycles. The normalized spacial score (nSPS) is 12.4. The van der Waals surface area contributed by atoms with Crippen LogP contribution in [0.2, 0.25) is 0 Å². The number of rotatable bonds is 8. The minimum atomic E-state index is -3.58. The van der Waals surface area contributed by atoms with Gasteiger partial charge < -0.3 is 5.32 Å². The third-order valence-electron chi connectivity index (χ3n) is 3.92. The molecule has 140 valence electrons. The highest BCUT2D eigenvalue weighted by Gasteiger charge is 2.23. The molecule has 7 heteroatoms. The van der Waals surface area contributed by atoms with Crippen LogP contribution in [0.1, 0.15) is 18.9 Å². The number of hydrogen-bond acceptors (Lipinski definition) is 3. The summed E-state index contributed by atoms with van der Waals surface area (Å²) in [7, 11) is -3.58. The Labute approximate surface area is 163 Å². The number of halogens is 1. The average Bonchev–Trinajstić information content (AvgIpc) is 2.59. The fourth-order valence-corrected chi connectivity index (χ4v) is 4.07. The second kappa shape index (κ2) is 9.19. The Morgan fingerprint density at radius 1 is 1.12 bits per heavy atom. The summed E-state index contributed by atoms with van der Waals surface area (Å²) >= 11 is 3.34. The molecule has 26 heavy (non-hydrogen) atoms. The number of hydrogen-bond donors (Lipinski definition) is 1. The van der Waals surface area contributed by atoms with Gasteiger partial charge in [0.05, 0.1) is 11.9 Å². The molecule has 0 fully saturated rings. The highest BCUT2D eigenvalue weighted by Crippen LogP contribution is 2.27. The minimum absolute atomic E-state index is 0.0525. The van der Waals surface area contributed by atoms with E-state index in [9.17, 15) is 13.2 Å². The van der Waals surface area contributed by atoms with Crippen molar-refractivity contribution in [3.63, 3.8) is 0 Å². The van der Waals surface area contributed by atoms with Crippen LogP contribution in [0.3, 0.4) is 0 Å². The fraction of sp³-hybridized carbons (Fsp3) is 0.316. The van der Waals surface area contributed by atoms with Crippen LogP contribution in [0.4, 0.5) is 5.69 Å². The van der Waals surface area contributed by atoms with Gasteiger partial charge in [-0.25, -0.2) is 8.42 Å². The molecule has 0 aromatic heterocycles. The SMILES string of the molecule is C[C@@H](CCc1ccccc1)NC(=O)CN(c1ccccc1Br)S(C)(=O)=O. The molecule has 5 nitrogen and oxygen atoms in total. The van der Waals surface area contributed by atoms with E-state index < -0.39 is 10.0 Å². The zero-order chi connectivity index (χ0) is 19.2. The molecule has 0 aliphatic carbocycles. The van der Waals surface area contributed by atoms with Crippen LogP contribution in [-0.4, -0.2) is 33.2 Å². The lowest BCUT2D eigenvalue weighted by Crippen LogP contribution is -2.43. The van der Waals surface area contributed by atoms with Gasteiger partial charge >= 0.3 is 0 Å². The molecule has 1 atom stereocenters. The largest absolute Gasteiger partial charge is 0.352 e. The maximum Gasteiger partial charge on any atom is 0.240 e. The van der Waals surface area contributed by atoms with E-state index in [0.717, 1.165) is 23.4 Å². The van der Waals surface area contributed by atoms with Crippen LogP contribution >= 0.6 is 15.9 Å². The number of nitrogens with one attached hydrogen (secondary N) is 1. The third kappa shape index (κ3) is 6.14. The summed E-state index contributed by atoms with van der Waals surface area (Å²) in [6.07, 6.45) is 2.73. The van der Waals surface area contributed by atoms with Gasteiger partial charge in [0, 0.05) is 10.5 Å². The van der Waals surface area contributed by atoms with Crippen molar-refractivity contribution in [3.8, 4) is 0 Å². The Bertz CT molecular complexity index is 841. The summed E-state index contributed by atoms with van der Waals surface area (Å²) in [5, 5.41) is 2.88. The standard InChI is InChI=1S/C19H23BrN2O3S/c1-15(12-13-16-8-4-3-5-9-16)21-19(23)14-22(26(2,24)25)18-11-7-6-10-17(18)20/h3-11,15H,12-14H2,1-2H3,(H,21,23)/t15-/m0/s1. The molecule has 0 bridgehead atoms. The Hall–Kier alpha value is -1.86. The lowest BCUT2D eigenvalue weighted by molar-refractivity contribution is -0.120. The second-order valence-corrected chi connectivity index (χ2v) is 8.98. The van der Waals surface area contributed by atoms with Crippen molar-refractivity contribution in [2.45, 2.75) is 25.8 Å². The van der Waals surface area contributed by atoms with Gasteiger partial charge in [-0.1, -0.05) is 42.5 Å². The van der Waals surface area contributed by atoms with Crippen LogP contribution in [0.25, 0.3) is 0 Å². The van der Waals surface area contributed by atoms with Gasteiger partial charge in [-0.3, -0.25) is 9.10 Å². The van der Waals surface area contributed by atoms with Crippen LogP contribution in [0.5, 0.6) is 0 Å². The van der Waals surface area contributed by atoms with Gasteiger partial charge in [0.25, 0.3) is 0 Å². The van der Waals surface area contributed by atoms with E-state index >= 15 is 0 Å². The lowest BCUT2D eigenvalue weighted by Gasteiger charge is -2.24. The molecule has 0 heterocycles. The maximum atomic E-state index is 12.4.